The maximum absolute atomic E-state index is 11.9. The number of aromatic amines is 1. The molecule has 1 aromatic heterocycles. The van der Waals surface area contributed by atoms with Gasteiger partial charge in [0.25, 0.3) is 5.91 Å². The largest absolute Gasteiger partial charge is 0.347 e. The average Bonchev–Trinajstić information content (AvgIpc) is 3.12. The second kappa shape index (κ2) is 6.68. The van der Waals surface area contributed by atoms with Crippen LogP contribution in [0.4, 0.5) is 0 Å². The average molecular weight is 264 g/mol. The lowest BCUT2D eigenvalue weighted by molar-refractivity contribution is 0.0927. The van der Waals surface area contributed by atoms with E-state index < -0.39 is 0 Å². The molecule has 2 rings (SSSR count). The van der Waals surface area contributed by atoms with Gasteiger partial charge in [0.2, 0.25) is 5.82 Å². The zero-order valence-electron chi connectivity index (χ0n) is 11.9. The van der Waals surface area contributed by atoms with Gasteiger partial charge in [0.1, 0.15) is 5.82 Å². The van der Waals surface area contributed by atoms with Crippen molar-refractivity contribution in [3.63, 3.8) is 0 Å². The fourth-order valence-electron chi connectivity index (χ4n) is 2.15. The number of rotatable bonds is 8. The zero-order valence-corrected chi connectivity index (χ0v) is 11.9. The van der Waals surface area contributed by atoms with E-state index in [1.807, 2.05) is 6.92 Å². The number of H-pyrrole nitrogens is 1. The van der Waals surface area contributed by atoms with E-state index in [4.69, 9.17) is 0 Å². The van der Waals surface area contributed by atoms with Crippen LogP contribution in [0.3, 0.4) is 0 Å². The van der Waals surface area contributed by atoms with E-state index in [-0.39, 0.29) is 17.8 Å². The summed E-state index contributed by atoms with van der Waals surface area (Å²) in [6.45, 7) is 4.24. The van der Waals surface area contributed by atoms with Gasteiger partial charge in [-0.25, -0.2) is 4.98 Å². The molecular weight excluding hydrogens is 240 g/mol. The van der Waals surface area contributed by atoms with Gasteiger partial charge in [-0.1, -0.05) is 32.6 Å². The molecule has 1 atom stereocenters. The lowest BCUT2D eigenvalue weighted by atomic mass is 10.1. The number of hydrogen-bond acceptors (Lipinski definition) is 3. The van der Waals surface area contributed by atoms with Gasteiger partial charge in [-0.15, -0.1) is 5.10 Å². The Morgan fingerprint density at radius 2 is 2.21 bits per heavy atom. The van der Waals surface area contributed by atoms with Crippen molar-refractivity contribution in [1.82, 2.24) is 20.5 Å². The molecule has 106 valence electrons. The predicted molar refractivity (Wildman–Crippen MR) is 74.0 cm³/mol. The van der Waals surface area contributed by atoms with Crippen molar-refractivity contribution in [3.8, 4) is 0 Å². The molecule has 1 aliphatic carbocycles. The smallest absolute Gasteiger partial charge is 0.291 e. The number of carbonyl (C=O) groups excluding carboxylic acids is 1. The number of nitrogens with zero attached hydrogens (tertiary/aromatic N) is 2. The molecule has 1 heterocycles. The predicted octanol–water partition coefficient (Wildman–Crippen LogP) is 2.77. The number of amides is 1. The minimum atomic E-state index is -0.161. The van der Waals surface area contributed by atoms with Gasteiger partial charge in [-0.2, -0.15) is 0 Å². The topological polar surface area (TPSA) is 70.7 Å². The maximum Gasteiger partial charge on any atom is 0.291 e. The van der Waals surface area contributed by atoms with Crippen molar-refractivity contribution < 1.29 is 4.79 Å². The summed E-state index contributed by atoms with van der Waals surface area (Å²) in [6, 6.07) is 0.187. The van der Waals surface area contributed by atoms with Crippen molar-refractivity contribution in [2.24, 2.45) is 0 Å². The zero-order chi connectivity index (χ0) is 13.7. The first kappa shape index (κ1) is 14.0. The summed E-state index contributed by atoms with van der Waals surface area (Å²) in [5, 5.41) is 9.81. The Bertz CT molecular complexity index is 411. The van der Waals surface area contributed by atoms with Crippen molar-refractivity contribution in [3.05, 3.63) is 11.6 Å². The summed E-state index contributed by atoms with van der Waals surface area (Å²) in [5.41, 5.74) is 0. The fourth-order valence-corrected chi connectivity index (χ4v) is 2.15. The highest BCUT2D eigenvalue weighted by atomic mass is 16.2. The van der Waals surface area contributed by atoms with Crippen LogP contribution in [0.25, 0.3) is 0 Å². The van der Waals surface area contributed by atoms with E-state index in [2.05, 4.69) is 27.4 Å². The van der Waals surface area contributed by atoms with Crippen LogP contribution in [0.2, 0.25) is 0 Å². The van der Waals surface area contributed by atoms with Crippen LogP contribution in [0.1, 0.15) is 81.2 Å². The summed E-state index contributed by atoms with van der Waals surface area (Å²) in [7, 11) is 0. The summed E-state index contributed by atoms with van der Waals surface area (Å²) in [5.74, 6) is 1.48. The molecule has 1 amide bonds. The molecule has 0 saturated heterocycles. The molecule has 1 aromatic rings. The van der Waals surface area contributed by atoms with Crippen LogP contribution in [0.15, 0.2) is 0 Å². The lowest BCUT2D eigenvalue weighted by Gasteiger charge is -2.12. The third-order valence-corrected chi connectivity index (χ3v) is 3.54. The maximum atomic E-state index is 11.9. The second-order valence-electron chi connectivity index (χ2n) is 5.54. The second-order valence-corrected chi connectivity index (χ2v) is 5.54. The van der Waals surface area contributed by atoms with Crippen LogP contribution in [-0.2, 0) is 0 Å². The molecule has 1 saturated carbocycles. The Morgan fingerprint density at radius 3 is 2.89 bits per heavy atom. The molecule has 1 unspecified atom stereocenters. The molecule has 5 nitrogen and oxygen atoms in total. The van der Waals surface area contributed by atoms with Gasteiger partial charge < -0.3 is 5.32 Å². The first-order chi connectivity index (χ1) is 9.20. The van der Waals surface area contributed by atoms with Crippen molar-refractivity contribution in [2.75, 3.05) is 0 Å². The molecular formula is C14H24N4O. The van der Waals surface area contributed by atoms with Gasteiger partial charge >= 0.3 is 0 Å². The minimum Gasteiger partial charge on any atom is -0.347 e. The highest BCUT2D eigenvalue weighted by Gasteiger charge is 2.28. The Labute approximate surface area is 114 Å². The first-order valence-electron chi connectivity index (χ1n) is 7.44. The van der Waals surface area contributed by atoms with Gasteiger partial charge in [0.15, 0.2) is 0 Å². The summed E-state index contributed by atoms with van der Waals surface area (Å²) in [4.78, 5) is 16.2. The van der Waals surface area contributed by atoms with Gasteiger partial charge in [0.05, 0.1) is 0 Å². The van der Waals surface area contributed by atoms with Crippen LogP contribution in [0.5, 0.6) is 0 Å². The number of carbonyl (C=O) groups is 1. The highest BCUT2D eigenvalue weighted by Crippen LogP contribution is 2.37. The molecule has 2 N–H and O–H groups in total. The standard InChI is InChI=1S/C14H24N4O/c1-3-4-5-6-7-10(2)15-14(19)13-16-12(17-18-13)11-8-9-11/h10-11H,3-9H2,1-2H3,(H,15,19)(H,16,17,18). The van der Waals surface area contributed by atoms with E-state index in [9.17, 15) is 4.79 Å². The number of nitrogens with one attached hydrogen (secondary N) is 2. The van der Waals surface area contributed by atoms with Crippen LogP contribution in [-0.4, -0.2) is 27.1 Å². The molecule has 0 spiro atoms. The molecule has 19 heavy (non-hydrogen) atoms. The number of aromatic nitrogens is 3. The molecule has 0 aromatic carbocycles. The summed E-state index contributed by atoms with van der Waals surface area (Å²) in [6.07, 6.45) is 8.24. The van der Waals surface area contributed by atoms with E-state index in [0.717, 1.165) is 31.5 Å². The van der Waals surface area contributed by atoms with Crippen LogP contribution in [0, 0.1) is 0 Å². The third kappa shape index (κ3) is 4.33. The van der Waals surface area contributed by atoms with E-state index in [0.29, 0.717) is 5.92 Å². The molecule has 0 aliphatic heterocycles. The van der Waals surface area contributed by atoms with Crippen LogP contribution >= 0.6 is 0 Å². The van der Waals surface area contributed by atoms with Crippen LogP contribution < -0.4 is 5.32 Å². The normalized spacial score (nSPS) is 16.3. The van der Waals surface area contributed by atoms with Gasteiger partial charge in [-0.3, -0.25) is 9.89 Å². The quantitative estimate of drug-likeness (QED) is 0.709. The minimum absolute atomic E-state index is 0.161. The lowest BCUT2D eigenvalue weighted by Crippen LogP contribution is -2.33. The van der Waals surface area contributed by atoms with Gasteiger partial charge in [-0.05, 0) is 26.2 Å². The van der Waals surface area contributed by atoms with E-state index >= 15 is 0 Å². The summed E-state index contributed by atoms with van der Waals surface area (Å²) < 4.78 is 0. The molecule has 0 radical (unpaired) electrons. The van der Waals surface area contributed by atoms with Gasteiger partial charge in [0, 0.05) is 12.0 Å². The van der Waals surface area contributed by atoms with E-state index in [1.165, 1.54) is 19.3 Å². The monoisotopic (exact) mass is 264 g/mol. The Kier molecular flexibility index (Phi) is 4.93. The molecule has 1 fully saturated rings. The molecule has 0 bridgehead atoms. The fraction of sp³-hybridized carbons (Fsp3) is 0.786. The first-order valence-corrected chi connectivity index (χ1v) is 7.44. The molecule has 1 aliphatic rings. The van der Waals surface area contributed by atoms with Crippen molar-refractivity contribution in [1.29, 1.82) is 0 Å². The highest BCUT2D eigenvalue weighted by molar-refractivity contribution is 5.90. The van der Waals surface area contributed by atoms with Crippen molar-refractivity contribution >= 4 is 5.91 Å². The third-order valence-electron chi connectivity index (χ3n) is 3.54. The SMILES string of the molecule is CCCCCCC(C)NC(=O)c1n[nH]c(C2CC2)n1. The Morgan fingerprint density at radius 1 is 1.42 bits per heavy atom. The number of hydrogen-bond donors (Lipinski definition) is 2. The Balaban J connectivity index is 1.72. The molecule has 5 heteroatoms. The Hall–Kier alpha value is -1.39. The number of unbranched alkanes of at least 4 members (excludes halogenated alkanes) is 3. The summed E-state index contributed by atoms with van der Waals surface area (Å²) >= 11 is 0. The van der Waals surface area contributed by atoms with E-state index in [1.54, 1.807) is 0 Å². The van der Waals surface area contributed by atoms with Crippen molar-refractivity contribution in [2.45, 2.75) is 70.8 Å².